The average molecular weight is 236 g/mol. The van der Waals surface area contributed by atoms with Crippen molar-refractivity contribution in [3.05, 3.63) is 24.2 Å². The molecule has 0 aromatic carbocycles. The van der Waals surface area contributed by atoms with E-state index in [2.05, 4.69) is 17.6 Å². The van der Waals surface area contributed by atoms with Gasteiger partial charge in [0.1, 0.15) is 5.76 Å². The number of carbonyl (C=O) groups is 1. The summed E-state index contributed by atoms with van der Waals surface area (Å²) in [5.41, 5.74) is 0. The molecule has 2 unspecified atom stereocenters. The first-order valence-corrected chi connectivity index (χ1v) is 6.24. The molecule has 1 saturated heterocycles. The average Bonchev–Trinajstić information content (AvgIpc) is 2.82. The molecule has 3 atom stereocenters. The third-order valence-electron chi connectivity index (χ3n) is 3.31. The van der Waals surface area contributed by atoms with Gasteiger partial charge in [0.15, 0.2) is 0 Å². The van der Waals surface area contributed by atoms with Gasteiger partial charge in [-0.15, -0.1) is 0 Å². The zero-order chi connectivity index (χ0) is 12.3. The van der Waals surface area contributed by atoms with Gasteiger partial charge in [0.05, 0.1) is 18.3 Å². The summed E-state index contributed by atoms with van der Waals surface area (Å²) in [6.45, 7) is 5.05. The van der Waals surface area contributed by atoms with Crippen LogP contribution in [0.25, 0.3) is 0 Å². The Hall–Kier alpha value is -1.29. The summed E-state index contributed by atoms with van der Waals surface area (Å²) in [7, 11) is 0. The molecule has 0 radical (unpaired) electrons. The number of hydrogen-bond donors (Lipinski definition) is 2. The number of nitrogens with one attached hydrogen (secondary N) is 2. The van der Waals surface area contributed by atoms with Crippen LogP contribution in [0.1, 0.15) is 38.5 Å². The lowest BCUT2D eigenvalue weighted by atomic mass is 9.94. The number of hydrogen-bond acceptors (Lipinski definition) is 3. The molecule has 94 valence electrons. The van der Waals surface area contributed by atoms with Crippen LogP contribution in [-0.4, -0.2) is 18.5 Å². The van der Waals surface area contributed by atoms with E-state index in [0.717, 1.165) is 25.1 Å². The number of carbonyl (C=O) groups excluding carboxylic acids is 1. The number of furan rings is 1. The van der Waals surface area contributed by atoms with E-state index in [0.29, 0.717) is 5.92 Å². The van der Waals surface area contributed by atoms with Crippen LogP contribution in [0.5, 0.6) is 0 Å². The van der Waals surface area contributed by atoms with Crippen LogP contribution in [0.15, 0.2) is 22.8 Å². The van der Waals surface area contributed by atoms with E-state index in [9.17, 15) is 4.79 Å². The first-order chi connectivity index (χ1) is 8.16. The van der Waals surface area contributed by atoms with E-state index in [4.69, 9.17) is 4.42 Å². The molecule has 1 aromatic heterocycles. The first kappa shape index (κ1) is 12.2. The summed E-state index contributed by atoms with van der Waals surface area (Å²) in [5.74, 6) is 1.48. The largest absolute Gasteiger partial charge is 0.467 e. The van der Waals surface area contributed by atoms with Crippen LogP contribution in [0.2, 0.25) is 0 Å². The van der Waals surface area contributed by atoms with E-state index < -0.39 is 0 Å². The molecule has 17 heavy (non-hydrogen) atoms. The highest BCUT2D eigenvalue weighted by Gasteiger charge is 2.25. The summed E-state index contributed by atoms with van der Waals surface area (Å²) in [5, 5.41) is 6.23. The maximum Gasteiger partial charge on any atom is 0.237 e. The maximum absolute atomic E-state index is 12.0. The highest BCUT2D eigenvalue weighted by atomic mass is 16.3. The summed E-state index contributed by atoms with van der Waals surface area (Å²) in [6, 6.07) is 3.58. The van der Waals surface area contributed by atoms with Crippen LogP contribution < -0.4 is 10.6 Å². The van der Waals surface area contributed by atoms with Gasteiger partial charge in [-0.1, -0.05) is 6.92 Å². The Kier molecular flexibility index (Phi) is 3.84. The molecule has 2 N–H and O–H groups in total. The summed E-state index contributed by atoms with van der Waals surface area (Å²) in [4.78, 5) is 12.0. The molecule has 2 heterocycles. The second-order valence-electron chi connectivity index (χ2n) is 4.88. The van der Waals surface area contributed by atoms with Crippen molar-refractivity contribution in [1.29, 1.82) is 0 Å². The molecule has 4 nitrogen and oxygen atoms in total. The van der Waals surface area contributed by atoms with Crippen molar-refractivity contribution < 1.29 is 9.21 Å². The van der Waals surface area contributed by atoms with E-state index in [1.165, 1.54) is 0 Å². The second-order valence-corrected chi connectivity index (χ2v) is 4.88. The lowest BCUT2D eigenvalue weighted by Gasteiger charge is -2.28. The standard InChI is InChI=1S/C13H20N2O2/c1-9-5-6-14-11(8-9)13(16)15-10(2)12-4-3-7-17-12/h3-4,7,9-11,14H,5-6,8H2,1-2H3,(H,15,16)/t9?,10-,11?/m1/s1. The third kappa shape index (κ3) is 3.09. The molecule has 0 aliphatic carbocycles. The fourth-order valence-electron chi connectivity index (χ4n) is 2.23. The van der Waals surface area contributed by atoms with Crippen molar-refractivity contribution in [1.82, 2.24) is 10.6 Å². The SMILES string of the molecule is CC1CCNC(C(=O)N[C@H](C)c2ccco2)C1. The zero-order valence-electron chi connectivity index (χ0n) is 10.4. The zero-order valence-corrected chi connectivity index (χ0v) is 10.4. The van der Waals surface area contributed by atoms with Crippen molar-refractivity contribution in [2.45, 2.75) is 38.8 Å². The van der Waals surface area contributed by atoms with Crippen LogP contribution >= 0.6 is 0 Å². The molecular weight excluding hydrogens is 216 g/mol. The van der Waals surface area contributed by atoms with Gasteiger partial charge in [-0.3, -0.25) is 4.79 Å². The molecule has 1 aromatic rings. The smallest absolute Gasteiger partial charge is 0.237 e. The summed E-state index contributed by atoms with van der Waals surface area (Å²) in [6.07, 6.45) is 3.69. The van der Waals surface area contributed by atoms with Crippen molar-refractivity contribution >= 4 is 5.91 Å². The van der Waals surface area contributed by atoms with Gasteiger partial charge in [-0.05, 0) is 44.4 Å². The molecular formula is C13H20N2O2. The Morgan fingerprint density at radius 1 is 1.65 bits per heavy atom. The van der Waals surface area contributed by atoms with Gasteiger partial charge >= 0.3 is 0 Å². The van der Waals surface area contributed by atoms with Gasteiger partial charge in [0.25, 0.3) is 0 Å². The number of amides is 1. The van der Waals surface area contributed by atoms with Crippen molar-refractivity contribution in [3.63, 3.8) is 0 Å². The predicted molar refractivity (Wildman–Crippen MR) is 65.5 cm³/mol. The molecule has 1 fully saturated rings. The molecule has 2 rings (SSSR count). The van der Waals surface area contributed by atoms with Crippen molar-refractivity contribution in [2.24, 2.45) is 5.92 Å². The summed E-state index contributed by atoms with van der Waals surface area (Å²) < 4.78 is 5.27. The first-order valence-electron chi connectivity index (χ1n) is 6.24. The molecule has 4 heteroatoms. The highest BCUT2D eigenvalue weighted by molar-refractivity contribution is 5.82. The van der Waals surface area contributed by atoms with Crippen LogP contribution in [0.3, 0.4) is 0 Å². The van der Waals surface area contributed by atoms with Crippen LogP contribution in [-0.2, 0) is 4.79 Å². The highest BCUT2D eigenvalue weighted by Crippen LogP contribution is 2.17. The fourth-order valence-corrected chi connectivity index (χ4v) is 2.23. The minimum absolute atomic E-state index is 0.0591. The Morgan fingerprint density at radius 2 is 2.47 bits per heavy atom. The molecule has 0 saturated carbocycles. The van der Waals surface area contributed by atoms with Crippen LogP contribution in [0.4, 0.5) is 0 Å². The normalized spacial score (nSPS) is 26.5. The Morgan fingerprint density at radius 3 is 3.12 bits per heavy atom. The maximum atomic E-state index is 12.0. The lowest BCUT2D eigenvalue weighted by molar-refractivity contribution is -0.124. The monoisotopic (exact) mass is 236 g/mol. The van der Waals surface area contributed by atoms with Crippen molar-refractivity contribution in [3.8, 4) is 0 Å². The van der Waals surface area contributed by atoms with Gasteiger partial charge in [0.2, 0.25) is 5.91 Å². The van der Waals surface area contributed by atoms with Crippen molar-refractivity contribution in [2.75, 3.05) is 6.54 Å². The topological polar surface area (TPSA) is 54.3 Å². The van der Waals surface area contributed by atoms with E-state index >= 15 is 0 Å². The van der Waals surface area contributed by atoms with Gasteiger partial charge in [-0.2, -0.15) is 0 Å². The van der Waals surface area contributed by atoms with Crippen LogP contribution in [0, 0.1) is 5.92 Å². The fraction of sp³-hybridized carbons (Fsp3) is 0.615. The Bertz CT molecular complexity index is 362. The quantitative estimate of drug-likeness (QED) is 0.842. The third-order valence-corrected chi connectivity index (χ3v) is 3.31. The predicted octanol–water partition coefficient (Wildman–Crippen LogP) is 1.84. The van der Waals surface area contributed by atoms with Gasteiger partial charge < -0.3 is 15.1 Å². The van der Waals surface area contributed by atoms with E-state index in [1.807, 2.05) is 19.1 Å². The Balaban J connectivity index is 1.88. The molecule has 0 bridgehead atoms. The van der Waals surface area contributed by atoms with E-state index in [1.54, 1.807) is 6.26 Å². The number of rotatable bonds is 3. The number of piperidine rings is 1. The lowest BCUT2D eigenvalue weighted by Crippen LogP contribution is -2.48. The summed E-state index contributed by atoms with van der Waals surface area (Å²) >= 11 is 0. The Labute approximate surface area is 102 Å². The minimum atomic E-state index is -0.0727. The molecule has 0 spiro atoms. The van der Waals surface area contributed by atoms with Gasteiger partial charge in [-0.25, -0.2) is 0 Å². The van der Waals surface area contributed by atoms with E-state index in [-0.39, 0.29) is 18.0 Å². The second kappa shape index (κ2) is 5.36. The molecule has 1 amide bonds. The minimum Gasteiger partial charge on any atom is -0.467 e. The molecule has 1 aliphatic rings. The van der Waals surface area contributed by atoms with Gasteiger partial charge in [0, 0.05) is 0 Å². The molecule has 1 aliphatic heterocycles.